The molecular weight excluding hydrogens is 232 g/mol. The summed E-state index contributed by atoms with van der Waals surface area (Å²) in [5, 5.41) is 8.62. The van der Waals surface area contributed by atoms with Gasteiger partial charge in [0.2, 0.25) is 0 Å². The first-order chi connectivity index (χ1) is 7.88. The molecule has 3 heteroatoms. The minimum atomic E-state index is 0. The molecule has 1 heterocycles. The van der Waals surface area contributed by atoms with Crippen LogP contribution in [0, 0.1) is 11.3 Å². The Morgan fingerprint density at radius 2 is 2.00 bits per heavy atom. The largest absolute Gasteiger partial charge is 0.295 e. The molecule has 0 amide bonds. The third-order valence-electron chi connectivity index (χ3n) is 2.94. The summed E-state index contributed by atoms with van der Waals surface area (Å²) in [4.78, 5) is 2.41. The van der Waals surface area contributed by atoms with Gasteiger partial charge in [-0.2, -0.15) is 5.26 Å². The van der Waals surface area contributed by atoms with Crippen LogP contribution in [0.15, 0.2) is 42.0 Å². The van der Waals surface area contributed by atoms with Crippen molar-refractivity contribution in [1.82, 2.24) is 4.90 Å². The highest BCUT2D eigenvalue weighted by Gasteiger charge is 2.11. The molecule has 2 rings (SSSR count). The summed E-state index contributed by atoms with van der Waals surface area (Å²) >= 11 is 0. The van der Waals surface area contributed by atoms with E-state index in [-0.39, 0.29) is 12.4 Å². The first kappa shape index (κ1) is 13.8. The van der Waals surface area contributed by atoms with Crippen LogP contribution in [0.25, 0.3) is 0 Å². The highest BCUT2D eigenvalue weighted by molar-refractivity contribution is 5.85. The zero-order chi connectivity index (χ0) is 11.2. The van der Waals surface area contributed by atoms with Crippen LogP contribution in [0.5, 0.6) is 0 Å². The van der Waals surface area contributed by atoms with E-state index in [9.17, 15) is 0 Å². The highest BCUT2D eigenvalue weighted by atomic mass is 35.5. The fourth-order valence-corrected chi connectivity index (χ4v) is 2.00. The second kappa shape index (κ2) is 7.11. The van der Waals surface area contributed by atoms with Crippen molar-refractivity contribution in [3.63, 3.8) is 0 Å². The van der Waals surface area contributed by atoms with Crippen molar-refractivity contribution in [3.8, 4) is 6.07 Å². The van der Waals surface area contributed by atoms with Crippen molar-refractivity contribution in [2.24, 2.45) is 0 Å². The van der Waals surface area contributed by atoms with Gasteiger partial charge in [-0.1, -0.05) is 42.0 Å². The lowest BCUT2D eigenvalue weighted by Crippen LogP contribution is -2.28. The van der Waals surface area contributed by atoms with E-state index in [1.807, 2.05) is 6.07 Å². The van der Waals surface area contributed by atoms with Gasteiger partial charge in [-0.25, -0.2) is 0 Å². The smallest absolute Gasteiger partial charge is 0.0666 e. The Labute approximate surface area is 109 Å². The van der Waals surface area contributed by atoms with Gasteiger partial charge in [0.15, 0.2) is 0 Å². The Kier molecular flexibility index (Phi) is 5.76. The van der Waals surface area contributed by atoms with Crippen molar-refractivity contribution < 1.29 is 0 Å². The van der Waals surface area contributed by atoms with Gasteiger partial charge < -0.3 is 0 Å². The average molecular weight is 249 g/mol. The van der Waals surface area contributed by atoms with E-state index in [1.165, 1.54) is 11.1 Å². The van der Waals surface area contributed by atoms with Gasteiger partial charge in [0, 0.05) is 19.6 Å². The second-order valence-electron chi connectivity index (χ2n) is 4.17. The standard InChI is InChI=1S/C14H16N2.ClH/c15-9-6-13-7-10-16(11-8-13)12-14-4-2-1-3-5-14;/h1-5,7H,6,8,10-12H2;1H. The van der Waals surface area contributed by atoms with Gasteiger partial charge in [0.25, 0.3) is 0 Å². The number of benzene rings is 1. The summed E-state index contributed by atoms with van der Waals surface area (Å²) in [5.74, 6) is 0. The normalized spacial score (nSPS) is 15.6. The van der Waals surface area contributed by atoms with E-state index in [1.54, 1.807) is 0 Å². The van der Waals surface area contributed by atoms with Crippen molar-refractivity contribution in [2.75, 3.05) is 13.1 Å². The van der Waals surface area contributed by atoms with Crippen molar-refractivity contribution in [1.29, 1.82) is 5.26 Å². The zero-order valence-corrected chi connectivity index (χ0v) is 10.6. The van der Waals surface area contributed by atoms with Gasteiger partial charge in [-0.05, 0) is 12.0 Å². The molecule has 0 atom stereocenters. The highest BCUT2D eigenvalue weighted by Crippen LogP contribution is 2.15. The maximum absolute atomic E-state index is 8.62. The lowest BCUT2D eigenvalue weighted by atomic mass is 10.1. The molecule has 0 saturated heterocycles. The summed E-state index contributed by atoms with van der Waals surface area (Å²) < 4.78 is 0. The molecule has 0 aliphatic carbocycles. The molecule has 2 nitrogen and oxygen atoms in total. The van der Waals surface area contributed by atoms with E-state index in [2.05, 4.69) is 41.3 Å². The molecule has 0 radical (unpaired) electrons. The summed E-state index contributed by atoms with van der Waals surface area (Å²) in [7, 11) is 0. The molecule has 0 spiro atoms. The van der Waals surface area contributed by atoms with Gasteiger partial charge in [0.1, 0.15) is 0 Å². The number of nitriles is 1. The Balaban J connectivity index is 0.00000144. The maximum Gasteiger partial charge on any atom is 0.0666 e. The molecule has 90 valence electrons. The number of rotatable bonds is 3. The molecular formula is C14H17ClN2. The Morgan fingerprint density at radius 3 is 2.59 bits per heavy atom. The molecule has 1 aromatic carbocycles. The van der Waals surface area contributed by atoms with Crippen LogP contribution in [0.1, 0.15) is 18.4 Å². The lowest BCUT2D eigenvalue weighted by molar-refractivity contribution is 0.285. The first-order valence-electron chi connectivity index (χ1n) is 5.69. The van der Waals surface area contributed by atoms with E-state index in [4.69, 9.17) is 5.26 Å². The number of hydrogen-bond donors (Lipinski definition) is 0. The minimum Gasteiger partial charge on any atom is -0.295 e. The van der Waals surface area contributed by atoms with Gasteiger partial charge in [-0.3, -0.25) is 4.90 Å². The van der Waals surface area contributed by atoms with Crippen molar-refractivity contribution in [3.05, 3.63) is 47.5 Å². The van der Waals surface area contributed by atoms with Crippen LogP contribution in [0.3, 0.4) is 0 Å². The maximum atomic E-state index is 8.62. The van der Waals surface area contributed by atoms with E-state index in [0.29, 0.717) is 6.42 Å². The van der Waals surface area contributed by atoms with Crippen LogP contribution in [-0.4, -0.2) is 18.0 Å². The molecule has 0 aromatic heterocycles. The molecule has 17 heavy (non-hydrogen) atoms. The summed E-state index contributed by atoms with van der Waals surface area (Å²) in [6.07, 6.45) is 3.84. The molecule has 1 aliphatic heterocycles. The molecule has 0 saturated carbocycles. The second-order valence-corrected chi connectivity index (χ2v) is 4.17. The quantitative estimate of drug-likeness (QED) is 0.769. The topological polar surface area (TPSA) is 27.0 Å². The Morgan fingerprint density at radius 1 is 1.24 bits per heavy atom. The SMILES string of the molecule is Cl.N#CCC1=CCN(Cc2ccccc2)CC1. The third-order valence-corrected chi connectivity index (χ3v) is 2.94. The predicted octanol–water partition coefficient (Wildman–Crippen LogP) is 3.15. The predicted molar refractivity (Wildman–Crippen MR) is 71.9 cm³/mol. The van der Waals surface area contributed by atoms with E-state index in [0.717, 1.165) is 26.1 Å². The molecule has 1 aromatic rings. The Hall–Kier alpha value is -1.30. The monoisotopic (exact) mass is 248 g/mol. The molecule has 0 N–H and O–H groups in total. The Bertz CT molecular complexity index is 406. The van der Waals surface area contributed by atoms with Crippen LogP contribution in [-0.2, 0) is 6.54 Å². The van der Waals surface area contributed by atoms with Crippen LogP contribution < -0.4 is 0 Å². The van der Waals surface area contributed by atoms with E-state index < -0.39 is 0 Å². The summed E-state index contributed by atoms with van der Waals surface area (Å²) in [6.45, 7) is 3.06. The van der Waals surface area contributed by atoms with Crippen molar-refractivity contribution >= 4 is 12.4 Å². The third kappa shape index (κ3) is 4.22. The minimum absolute atomic E-state index is 0. The number of hydrogen-bond acceptors (Lipinski definition) is 2. The number of halogens is 1. The number of nitrogens with zero attached hydrogens (tertiary/aromatic N) is 2. The molecule has 0 bridgehead atoms. The van der Waals surface area contributed by atoms with Crippen LogP contribution in [0.4, 0.5) is 0 Å². The van der Waals surface area contributed by atoms with Crippen LogP contribution >= 0.6 is 12.4 Å². The average Bonchev–Trinajstić information content (AvgIpc) is 2.33. The van der Waals surface area contributed by atoms with Crippen LogP contribution in [0.2, 0.25) is 0 Å². The zero-order valence-electron chi connectivity index (χ0n) is 9.80. The van der Waals surface area contributed by atoms with Gasteiger partial charge >= 0.3 is 0 Å². The molecule has 0 unspecified atom stereocenters. The lowest BCUT2D eigenvalue weighted by Gasteiger charge is -2.25. The van der Waals surface area contributed by atoms with Gasteiger partial charge in [0.05, 0.1) is 12.5 Å². The van der Waals surface area contributed by atoms with E-state index >= 15 is 0 Å². The summed E-state index contributed by atoms with van der Waals surface area (Å²) in [6, 6.07) is 12.7. The fourth-order valence-electron chi connectivity index (χ4n) is 2.00. The van der Waals surface area contributed by atoms with Gasteiger partial charge in [-0.15, -0.1) is 12.4 Å². The van der Waals surface area contributed by atoms with Crippen molar-refractivity contribution in [2.45, 2.75) is 19.4 Å². The first-order valence-corrected chi connectivity index (χ1v) is 5.69. The summed E-state index contributed by atoms with van der Waals surface area (Å²) in [5.41, 5.74) is 2.66. The fraction of sp³-hybridized carbons (Fsp3) is 0.357. The molecule has 0 fully saturated rings. The molecule has 1 aliphatic rings.